The molecule has 0 aromatic heterocycles. The van der Waals surface area contributed by atoms with Crippen molar-refractivity contribution in [3.63, 3.8) is 0 Å². The van der Waals surface area contributed by atoms with Crippen LogP contribution in [-0.4, -0.2) is 37.6 Å². The van der Waals surface area contributed by atoms with E-state index in [4.69, 9.17) is 6.42 Å². The Kier molecular flexibility index (Phi) is 2.87. The van der Waals surface area contributed by atoms with Crippen LogP contribution in [0.1, 0.15) is 12.8 Å². The molecule has 1 N–H and O–H groups in total. The van der Waals surface area contributed by atoms with Gasteiger partial charge in [-0.25, -0.2) is 0 Å². The maximum atomic E-state index is 5.23. The topological polar surface area (TPSA) is 15.3 Å². The number of rotatable bonds is 3. The Hall–Kier alpha value is -0.520. The number of nitrogens with zero attached hydrogens (tertiary/aromatic N) is 1. The van der Waals surface area contributed by atoms with Crippen molar-refractivity contribution in [2.45, 2.75) is 12.8 Å². The average Bonchev–Trinajstić information content (AvgIpc) is 2.64. The molecule has 13 heavy (non-hydrogen) atoms. The van der Waals surface area contributed by atoms with Gasteiger partial charge in [-0.2, -0.15) is 0 Å². The van der Waals surface area contributed by atoms with E-state index in [2.05, 4.69) is 16.1 Å². The summed E-state index contributed by atoms with van der Waals surface area (Å²) in [5.74, 6) is 4.55. The van der Waals surface area contributed by atoms with E-state index in [-0.39, 0.29) is 0 Å². The SMILES string of the molecule is C#CCCCN1C[C@H]2CNC[C@H]2C1. The summed E-state index contributed by atoms with van der Waals surface area (Å²) in [5.41, 5.74) is 0. The third-order valence-electron chi connectivity index (χ3n) is 3.26. The molecule has 0 bridgehead atoms. The van der Waals surface area contributed by atoms with Gasteiger partial charge in [0.1, 0.15) is 0 Å². The van der Waals surface area contributed by atoms with Crippen LogP contribution in [0.3, 0.4) is 0 Å². The molecular formula is C11H18N2. The van der Waals surface area contributed by atoms with Crippen LogP contribution in [0.15, 0.2) is 0 Å². The van der Waals surface area contributed by atoms with Gasteiger partial charge in [0.05, 0.1) is 0 Å². The van der Waals surface area contributed by atoms with Crippen LogP contribution in [0.25, 0.3) is 0 Å². The van der Waals surface area contributed by atoms with E-state index in [0.29, 0.717) is 0 Å². The molecule has 0 aromatic carbocycles. The molecule has 2 fully saturated rings. The first-order valence-electron chi connectivity index (χ1n) is 5.26. The van der Waals surface area contributed by atoms with Crippen LogP contribution < -0.4 is 5.32 Å². The third-order valence-corrected chi connectivity index (χ3v) is 3.26. The first kappa shape index (κ1) is 9.05. The molecule has 0 saturated carbocycles. The molecule has 2 aliphatic rings. The van der Waals surface area contributed by atoms with Crippen LogP contribution in [-0.2, 0) is 0 Å². The number of hydrogen-bond donors (Lipinski definition) is 1. The normalized spacial score (nSPS) is 33.2. The van der Waals surface area contributed by atoms with Crippen molar-refractivity contribution in [1.29, 1.82) is 0 Å². The molecule has 2 heterocycles. The number of fused-ring (bicyclic) bond motifs is 1. The Balaban J connectivity index is 1.70. The van der Waals surface area contributed by atoms with E-state index in [1.807, 2.05) is 0 Å². The smallest absolute Gasteiger partial charge is 0.00982 e. The highest BCUT2D eigenvalue weighted by atomic mass is 15.2. The van der Waals surface area contributed by atoms with Gasteiger partial charge in [-0.05, 0) is 37.9 Å². The van der Waals surface area contributed by atoms with Crippen LogP contribution >= 0.6 is 0 Å². The van der Waals surface area contributed by atoms with Gasteiger partial charge < -0.3 is 10.2 Å². The second kappa shape index (κ2) is 4.13. The highest BCUT2D eigenvalue weighted by Gasteiger charge is 2.35. The van der Waals surface area contributed by atoms with Gasteiger partial charge in [-0.3, -0.25) is 0 Å². The fraction of sp³-hybridized carbons (Fsp3) is 0.818. The number of hydrogen-bond acceptors (Lipinski definition) is 2. The Bertz CT molecular complexity index is 195. The minimum atomic E-state index is 0.922. The summed E-state index contributed by atoms with van der Waals surface area (Å²) in [5, 5.41) is 3.45. The van der Waals surface area contributed by atoms with Gasteiger partial charge in [0.2, 0.25) is 0 Å². The van der Waals surface area contributed by atoms with E-state index in [1.54, 1.807) is 0 Å². The zero-order chi connectivity index (χ0) is 9.10. The Morgan fingerprint density at radius 1 is 1.31 bits per heavy atom. The molecule has 2 aliphatic heterocycles. The van der Waals surface area contributed by atoms with Gasteiger partial charge in [-0.1, -0.05) is 0 Å². The summed E-state index contributed by atoms with van der Waals surface area (Å²) in [4.78, 5) is 2.58. The summed E-state index contributed by atoms with van der Waals surface area (Å²) in [7, 11) is 0. The van der Waals surface area contributed by atoms with Crippen LogP contribution in [0.2, 0.25) is 0 Å². The summed E-state index contributed by atoms with van der Waals surface area (Å²) in [6.07, 6.45) is 7.33. The van der Waals surface area contributed by atoms with E-state index >= 15 is 0 Å². The number of likely N-dealkylation sites (tertiary alicyclic amines) is 1. The molecule has 2 nitrogen and oxygen atoms in total. The van der Waals surface area contributed by atoms with Crippen molar-refractivity contribution in [3.05, 3.63) is 0 Å². The van der Waals surface area contributed by atoms with Crippen molar-refractivity contribution in [3.8, 4) is 12.3 Å². The van der Waals surface area contributed by atoms with Crippen molar-refractivity contribution < 1.29 is 0 Å². The molecule has 2 saturated heterocycles. The summed E-state index contributed by atoms with van der Waals surface area (Å²) in [6.45, 7) is 6.26. The fourth-order valence-corrected chi connectivity index (χ4v) is 2.54. The lowest BCUT2D eigenvalue weighted by atomic mass is 10.0. The van der Waals surface area contributed by atoms with Crippen LogP contribution in [0, 0.1) is 24.2 Å². The monoisotopic (exact) mass is 178 g/mol. The zero-order valence-corrected chi connectivity index (χ0v) is 8.13. The van der Waals surface area contributed by atoms with E-state index in [0.717, 1.165) is 18.3 Å². The molecular weight excluding hydrogens is 160 g/mol. The highest BCUT2D eigenvalue weighted by molar-refractivity contribution is 4.91. The largest absolute Gasteiger partial charge is 0.316 e. The third kappa shape index (κ3) is 2.04. The average molecular weight is 178 g/mol. The van der Waals surface area contributed by atoms with E-state index < -0.39 is 0 Å². The minimum Gasteiger partial charge on any atom is -0.316 e. The van der Waals surface area contributed by atoms with Gasteiger partial charge in [-0.15, -0.1) is 12.3 Å². The van der Waals surface area contributed by atoms with E-state index in [1.165, 1.54) is 39.1 Å². The summed E-state index contributed by atoms with van der Waals surface area (Å²) >= 11 is 0. The number of unbranched alkanes of at least 4 members (excludes halogenated alkanes) is 1. The molecule has 2 atom stereocenters. The minimum absolute atomic E-state index is 0.922. The molecule has 2 rings (SSSR count). The summed E-state index contributed by atoms with van der Waals surface area (Å²) in [6, 6.07) is 0. The first-order valence-corrected chi connectivity index (χ1v) is 5.26. The van der Waals surface area contributed by atoms with Crippen molar-refractivity contribution >= 4 is 0 Å². The van der Waals surface area contributed by atoms with Gasteiger partial charge in [0.15, 0.2) is 0 Å². The number of nitrogens with one attached hydrogen (secondary N) is 1. The van der Waals surface area contributed by atoms with Crippen molar-refractivity contribution in [1.82, 2.24) is 10.2 Å². The quantitative estimate of drug-likeness (QED) is 0.501. The van der Waals surface area contributed by atoms with Crippen molar-refractivity contribution in [2.24, 2.45) is 11.8 Å². The van der Waals surface area contributed by atoms with Gasteiger partial charge >= 0.3 is 0 Å². The Labute approximate surface area is 80.7 Å². The highest BCUT2D eigenvalue weighted by Crippen LogP contribution is 2.26. The van der Waals surface area contributed by atoms with Crippen molar-refractivity contribution in [2.75, 3.05) is 32.7 Å². The molecule has 2 heteroatoms. The standard InChI is InChI=1S/C11H18N2/c1-2-3-4-5-13-8-10-6-12-7-11(10)9-13/h1,10-12H,3-9H2/t10-,11+. The molecule has 0 amide bonds. The van der Waals surface area contributed by atoms with Gasteiger partial charge in [0, 0.05) is 19.5 Å². The molecule has 0 unspecified atom stereocenters. The van der Waals surface area contributed by atoms with E-state index in [9.17, 15) is 0 Å². The fourth-order valence-electron chi connectivity index (χ4n) is 2.54. The molecule has 0 aromatic rings. The maximum Gasteiger partial charge on any atom is 0.00982 e. The Morgan fingerprint density at radius 2 is 2.00 bits per heavy atom. The molecule has 0 aliphatic carbocycles. The first-order chi connectivity index (χ1) is 6.40. The summed E-state index contributed by atoms with van der Waals surface area (Å²) < 4.78 is 0. The second-order valence-electron chi connectivity index (χ2n) is 4.25. The second-order valence-corrected chi connectivity index (χ2v) is 4.25. The predicted molar refractivity (Wildman–Crippen MR) is 54.4 cm³/mol. The van der Waals surface area contributed by atoms with Gasteiger partial charge in [0.25, 0.3) is 0 Å². The number of terminal acetylenes is 1. The molecule has 0 spiro atoms. The molecule has 0 radical (unpaired) electrons. The van der Waals surface area contributed by atoms with Crippen LogP contribution in [0.5, 0.6) is 0 Å². The predicted octanol–water partition coefficient (Wildman–Crippen LogP) is 0.551. The maximum absolute atomic E-state index is 5.23. The lowest BCUT2D eigenvalue weighted by Gasteiger charge is -2.15. The Morgan fingerprint density at radius 3 is 2.62 bits per heavy atom. The van der Waals surface area contributed by atoms with Crippen LogP contribution in [0.4, 0.5) is 0 Å². The lowest BCUT2D eigenvalue weighted by Crippen LogP contribution is -2.26. The lowest BCUT2D eigenvalue weighted by molar-refractivity contribution is 0.310. The zero-order valence-electron chi connectivity index (χ0n) is 8.13. The molecule has 72 valence electrons.